The number of thiazole rings is 1. The summed E-state index contributed by atoms with van der Waals surface area (Å²) >= 11 is 1.74. The van der Waals surface area contributed by atoms with Crippen molar-refractivity contribution in [1.29, 1.82) is 0 Å². The molecule has 0 spiro atoms. The maximum atomic E-state index is 6.33. The van der Waals surface area contributed by atoms with Gasteiger partial charge in [-0.25, -0.2) is 4.98 Å². The Bertz CT molecular complexity index is 360. The fourth-order valence-corrected chi connectivity index (χ4v) is 2.77. The fourth-order valence-electron chi connectivity index (χ4n) is 1.97. The summed E-state index contributed by atoms with van der Waals surface area (Å²) in [4.78, 5) is 5.64. The van der Waals surface area contributed by atoms with E-state index in [2.05, 4.69) is 24.1 Å². The topological polar surface area (TPSA) is 60.2 Å². The molecule has 17 heavy (non-hydrogen) atoms. The molecule has 0 aliphatic carbocycles. The molecule has 1 aliphatic rings. The van der Waals surface area contributed by atoms with Crippen LogP contribution in [0.5, 0.6) is 0 Å². The number of aromatic nitrogens is 1. The summed E-state index contributed by atoms with van der Waals surface area (Å²) in [6, 6.07) is 0.275. The highest BCUT2D eigenvalue weighted by Gasteiger charge is 2.28. The molecule has 2 heterocycles. The monoisotopic (exact) mass is 255 g/mol. The fraction of sp³-hybridized carbons (Fsp3) is 0.750. The van der Waals surface area contributed by atoms with E-state index in [0.717, 1.165) is 37.6 Å². The van der Waals surface area contributed by atoms with Gasteiger partial charge in [-0.05, 0) is 26.7 Å². The Hall–Kier alpha value is -0.490. The Kier molecular flexibility index (Phi) is 4.14. The Labute approximate surface area is 107 Å². The molecule has 0 saturated carbocycles. The molecule has 1 aromatic heterocycles. The van der Waals surface area contributed by atoms with Crippen LogP contribution in [0.3, 0.4) is 0 Å². The number of aryl methyl sites for hydroxylation is 1. The van der Waals surface area contributed by atoms with Gasteiger partial charge >= 0.3 is 0 Å². The average molecular weight is 255 g/mol. The highest BCUT2D eigenvalue weighted by atomic mass is 32.1. The smallest absolute Gasteiger partial charge is 0.109 e. The van der Waals surface area contributed by atoms with Crippen LogP contribution in [0.15, 0.2) is 6.20 Å². The molecule has 4 nitrogen and oxygen atoms in total. The number of nitrogens with zero attached hydrogens (tertiary/aromatic N) is 1. The van der Waals surface area contributed by atoms with Crippen molar-refractivity contribution in [2.24, 2.45) is 5.73 Å². The number of nitrogens with two attached hydrogens (primary N) is 1. The molecule has 2 rings (SSSR count). The Balaban J connectivity index is 1.85. The second-order valence-electron chi connectivity index (χ2n) is 4.89. The third kappa shape index (κ3) is 3.48. The first-order valence-electron chi connectivity index (χ1n) is 6.11. The molecule has 0 aromatic carbocycles. The van der Waals surface area contributed by atoms with E-state index in [1.54, 1.807) is 11.3 Å². The number of hydrogen-bond donors (Lipinski definition) is 2. The van der Waals surface area contributed by atoms with Gasteiger partial charge in [0.2, 0.25) is 0 Å². The molecule has 1 saturated heterocycles. The normalized spacial score (nSPS) is 21.4. The molecule has 1 atom stereocenters. The third-order valence-corrected chi connectivity index (χ3v) is 4.35. The van der Waals surface area contributed by atoms with Gasteiger partial charge in [0.15, 0.2) is 0 Å². The van der Waals surface area contributed by atoms with E-state index in [4.69, 9.17) is 10.5 Å². The zero-order valence-corrected chi connectivity index (χ0v) is 11.3. The molecule has 0 bridgehead atoms. The standard InChI is InChI=1S/C12H21N3OS/c1-9-7-14-11(17-9)10(2)15-8-12(13)3-5-16-6-4-12/h7,10,15H,3-6,8,13H2,1-2H3. The zero-order chi connectivity index (χ0) is 12.3. The zero-order valence-electron chi connectivity index (χ0n) is 10.5. The SMILES string of the molecule is Cc1cnc(C(C)NCC2(N)CCOCC2)s1. The van der Waals surface area contributed by atoms with Crippen molar-refractivity contribution < 1.29 is 4.74 Å². The van der Waals surface area contributed by atoms with Crippen LogP contribution in [0.2, 0.25) is 0 Å². The first-order chi connectivity index (χ1) is 8.09. The van der Waals surface area contributed by atoms with Crippen LogP contribution < -0.4 is 11.1 Å². The van der Waals surface area contributed by atoms with Crippen LogP contribution in [-0.2, 0) is 4.74 Å². The van der Waals surface area contributed by atoms with E-state index in [9.17, 15) is 0 Å². The van der Waals surface area contributed by atoms with Gasteiger partial charge in [0.1, 0.15) is 5.01 Å². The van der Waals surface area contributed by atoms with E-state index in [1.165, 1.54) is 4.88 Å². The van der Waals surface area contributed by atoms with E-state index in [0.29, 0.717) is 0 Å². The molecular formula is C12H21N3OS. The summed E-state index contributed by atoms with van der Waals surface area (Å²) in [7, 11) is 0. The van der Waals surface area contributed by atoms with Gasteiger partial charge in [0.05, 0.1) is 6.04 Å². The van der Waals surface area contributed by atoms with Crippen molar-refractivity contribution in [3.8, 4) is 0 Å². The molecular weight excluding hydrogens is 234 g/mol. The molecule has 96 valence electrons. The van der Waals surface area contributed by atoms with Gasteiger partial charge in [0, 0.05) is 36.4 Å². The first-order valence-corrected chi connectivity index (χ1v) is 6.93. The van der Waals surface area contributed by atoms with Gasteiger partial charge in [-0.1, -0.05) is 0 Å². The number of rotatable bonds is 4. The predicted octanol–water partition coefficient (Wildman–Crippen LogP) is 1.61. The van der Waals surface area contributed by atoms with Crippen LogP contribution in [0.25, 0.3) is 0 Å². The summed E-state index contributed by atoms with van der Waals surface area (Å²) in [5.41, 5.74) is 6.22. The lowest BCUT2D eigenvalue weighted by Crippen LogP contribution is -2.52. The highest BCUT2D eigenvalue weighted by Crippen LogP contribution is 2.21. The molecule has 0 amide bonds. The lowest BCUT2D eigenvalue weighted by molar-refractivity contribution is 0.0523. The average Bonchev–Trinajstić information content (AvgIpc) is 2.74. The maximum absolute atomic E-state index is 6.33. The highest BCUT2D eigenvalue weighted by molar-refractivity contribution is 7.11. The van der Waals surface area contributed by atoms with E-state index >= 15 is 0 Å². The van der Waals surface area contributed by atoms with E-state index < -0.39 is 0 Å². The van der Waals surface area contributed by atoms with Crippen molar-refractivity contribution >= 4 is 11.3 Å². The van der Waals surface area contributed by atoms with Gasteiger partial charge in [0.25, 0.3) is 0 Å². The van der Waals surface area contributed by atoms with Gasteiger partial charge in [-0.15, -0.1) is 11.3 Å². The summed E-state index contributed by atoms with van der Waals surface area (Å²) in [5, 5.41) is 4.63. The van der Waals surface area contributed by atoms with Crippen LogP contribution in [-0.4, -0.2) is 30.3 Å². The Morgan fingerprint density at radius 1 is 1.59 bits per heavy atom. The van der Waals surface area contributed by atoms with E-state index in [-0.39, 0.29) is 11.6 Å². The van der Waals surface area contributed by atoms with Crippen LogP contribution in [0.4, 0.5) is 0 Å². The van der Waals surface area contributed by atoms with Gasteiger partial charge < -0.3 is 15.8 Å². The van der Waals surface area contributed by atoms with Crippen molar-refractivity contribution in [3.63, 3.8) is 0 Å². The van der Waals surface area contributed by atoms with Gasteiger partial charge in [-0.2, -0.15) is 0 Å². The molecule has 1 unspecified atom stereocenters. The first kappa shape index (κ1) is 13.0. The maximum Gasteiger partial charge on any atom is 0.109 e. The summed E-state index contributed by atoms with van der Waals surface area (Å²) in [6.07, 6.45) is 3.79. The minimum Gasteiger partial charge on any atom is -0.381 e. The molecule has 1 fully saturated rings. The van der Waals surface area contributed by atoms with Crippen molar-refractivity contribution in [2.45, 2.75) is 38.3 Å². The summed E-state index contributed by atoms with van der Waals surface area (Å²) in [5.74, 6) is 0. The number of hydrogen-bond acceptors (Lipinski definition) is 5. The van der Waals surface area contributed by atoms with Crippen molar-refractivity contribution in [3.05, 3.63) is 16.1 Å². The lowest BCUT2D eigenvalue weighted by Gasteiger charge is -2.34. The number of nitrogens with one attached hydrogen (secondary N) is 1. The van der Waals surface area contributed by atoms with Crippen molar-refractivity contribution in [2.75, 3.05) is 19.8 Å². The number of ether oxygens (including phenoxy) is 1. The molecule has 1 aromatic rings. The third-order valence-electron chi connectivity index (χ3n) is 3.26. The van der Waals surface area contributed by atoms with E-state index in [1.807, 2.05) is 6.20 Å². The molecule has 0 radical (unpaired) electrons. The summed E-state index contributed by atoms with van der Waals surface area (Å²) in [6.45, 7) is 6.61. The van der Waals surface area contributed by atoms with Crippen LogP contribution in [0.1, 0.15) is 35.7 Å². The quantitative estimate of drug-likeness (QED) is 0.858. The minimum absolute atomic E-state index is 0.112. The Morgan fingerprint density at radius 2 is 2.29 bits per heavy atom. The molecule has 3 N–H and O–H groups in total. The predicted molar refractivity (Wildman–Crippen MR) is 70.2 cm³/mol. The lowest BCUT2D eigenvalue weighted by atomic mass is 9.91. The second kappa shape index (κ2) is 5.44. The minimum atomic E-state index is -0.112. The van der Waals surface area contributed by atoms with Crippen LogP contribution in [0, 0.1) is 6.92 Å². The molecule has 1 aliphatic heterocycles. The largest absolute Gasteiger partial charge is 0.381 e. The Morgan fingerprint density at radius 3 is 2.88 bits per heavy atom. The second-order valence-corrected chi connectivity index (χ2v) is 6.15. The molecule has 5 heteroatoms. The van der Waals surface area contributed by atoms with Crippen molar-refractivity contribution in [1.82, 2.24) is 10.3 Å². The van der Waals surface area contributed by atoms with Gasteiger partial charge in [-0.3, -0.25) is 0 Å². The summed E-state index contributed by atoms with van der Waals surface area (Å²) < 4.78 is 5.34. The van der Waals surface area contributed by atoms with Crippen LogP contribution >= 0.6 is 11.3 Å².